The Hall–Kier alpha value is -2.79. The molecular weight excluding hydrogens is 508 g/mol. The van der Waals surface area contributed by atoms with Crippen LogP contribution in [0.4, 0.5) is 0 Å². The molecule has 3 aliphatic carbocycles. The first kappa shape index (κ1) is 26.4. The molecule has 10 nitrogen and oxygen atoms in total. The highest BCUT2D eigenvalue weighted by Crippen LogP contribution is 2.75. The molecule has 3 N–H and O–H groups in total. The summed E-state index contributed by atoms with van der Waals surface area (Å²) in [6, 6.07) is 8.35. The van der Waals surface area contributed by atoms with Crippen molar-refractivity contribution in [3.05, 3.63) is 47.0 Å². The Bertz CT molecular complexity index is 1300. The summed E-state index contributed by atoms with van der Waals surface area (Å²) in [6.07, 6.45) is -4.44. The van der Waals surface area contributed by atoms with E-state index < -0.39 is 75.9 Å². The van der Waals surface area contributed by atoms with Crippen molar-refractivity contribution in [2.24, 2.45) is 16.7 Å². The molecule has 0 radical (unpaired) electrons. The van der Waals surface area contributed by atoms with Crippen molar-refractivity contribution >= 4 is 17.9 Å². The first-order valence-corrected chi connectivity index (χ1v) is 13.3. The molecule has 4 fully saturated rings. The molecule has 0 spiro atoms. The standard InChI is InChI=1S/C29H34O10/c1-14-17(31)12-27-20(14)29(35,24(34)39-25(27,3)4)26(5)18(32)11-19-28(13-36-19,38-15(2)30)21(26)22(27)37-23(33)16-9-7-6-8-10-16/h6-10,17-19,21-22,31-32,35H,11-13H2,1-5H3/t17-,18-,19+,21?,22-,26+,27-,28-,29-/m0/s1. The van der Waals surface area contributed by atoms with Crippen molar-refractivity contribution in [2.45, 2.75) is 88.7 Å². The van der Waals surface area contributed by atoms with Gasteiger partial charge in [-0.3, -0.25) is 4.79 Å². The van der Waals surface area contributed by atoms with Gasteiger partial charge in [0.1, 0.15) is 17.8 Å². The molecule has 2 bridgehead atoms. The van der Waals surface area contributed by atoms with E-state index in [1.165, 1.54) is 6.92 Å². The summed E-state index contributed by atoms with van der Waals surface area (Å²) in [5.41, 5.74) is -7.51. The molecule has 210 valence electrons. The van der Waals surface area contributed by atoms with Crippen LogP contribution in [-0.2, 0) is 28.5 Å². The maximum Gasteiger partial charge on any atom is 0.343 e. The molecule has 2 heterocycles. The van der Waals surface area contributed by atoms with Gasteiger partial charge in [-0.15, -0.1) is 0 Å². The fraction of sp³-hybridized carbons (Fsp3) is 0.621. The summed E-state index contributed by atoms with van der Waals surface area (Å²) in [7, 11) is 0. The van der Waals surface area contributed by atoms with Gasteiger partial charge in [-0.2, -0.15) is 0 Å². The van der Waals surface area contributed by atoms with Crippen LogP contribution in [0.2, 0.25) is 0 Å². The molecule has 2 aliphatic heterocycles. The van der Waals surface area contributed by atoms with Gasteiger partial charge in [0.2, 0.25) is 0 Å². The molecule has 9 atom stereocenters. The number of carbonyl (C=O) groups is 3. The van der Waals surface area contributed by atoms with Gasteiger partial charge in [-0.25, -0.2) is 9.59 Å². The van der Waals surface area contributed by atoms with E-state index in [2.05, 4.69) is 0 Å². The monoisotopic (exact) mass is 542 g/mol. The zero-order valence-corrected chi connectivity index (χ0v) is 22.6. The normalized spacial score (nSPS) is 45.2. The molecule has 6 rings (SSSR count). The Morgan fingerprint density at radius 3 is 2.36 bits per heavy atom. The third kappa shape index (κ3) is 2.88. The van der Waals surface area contributed by atoms with Crippen molar-refractivity contribution in [1.29, 1.82) is 0 Å². The van der Waals surface area contributed by atoms with Gasteiger partial charge >= 0.3 is 17.9 Å². The number of ether oxygens (including phenoxy) is 4. The predicted octanol–water partition coefficient (Wildman–Crippen LogP) is 1.45. The Labute approximate surface area is 225 Å². The third-order valence-corrected chi connectivity index (χ3v) is 10.4. The fourth-order valence-corrected chi connectivity index (χ4v) is 8.58. The number of aliphatic hydroxyl groups excluding tert-OH is 2. The smallest absolute Gasteiger partial charge is 0.343 e. The predicted molar refractivity (Wildman–Crippen MR) is 133 cm³/mol. The van der Waals surface area contributed by atoms with Gasteiger partial charge in [0.15, 0.2) is 11.2 Å². The lowest BCUT2D eigenvalue weighted by molar-refractivity contribution is -0.380. The number of fused-ring (bicyclic) bond motifs is 4. The van der Waals surface area contributed by atoms with Crippen molar-refractivity contribution in [1.82, 2.24) is 0 Å². The van der Waals surface area contributed by atoms with Crippen LogP contribution in [0.1, 0.15) is 57.8 Å². The molecule has 0 aromatic heterocycles. The van der Waals surface area contributed by atoms with Gasteiger partial charge in [-0.05, 0) is 50.5 Å². The van der Waals surface area contributed by atoms with E-state index >= 15 is 0 Å². The van der Waals surface area contributed by atoms with Crippen molar-refractivity contribution in [3.63, 3.8) is 0 Å². The van der Waals surface area contributed by atoms with Crippen LogP contribution < -0.4 is 0 Å². The first-order chi connectivity index (χ1) is 18.2. The van der Waals surface area contributed by atoms with Gasteiger partial charge in [-0.1, -0.05) is 25.1 Å². The number of rotatable bonds is 3. The highest BCUT2D eigenvalue weighted by molar-refractivity contribution is 5.91. The minimum absolute atomic E-state index is 0.0200. The van der Waals surface area contributed by atoms with E-state index in [1.54, 1.807) is 58.0 Å². The number of hydrogen-bond acceptors (Lipinski definition) is 10. The SMILES string of the molecule is CC(=O)O[C@@]12CO[C@@H]1C[C@H](O)[C@]1(C)C2[C@H](OC(=O)c2ccccc2)[C@]23C[C@H](O)C(C)=C2[C@]1(O)C(=O)OC3(C)C. The molecule has 2 saturated heterocycles. The number of esters is 3. The second-order valence-corrected chi connectivity index (χ2v) is 12.4. The quantitative estimate of drug-likeness (QED) is 0.291. The summed E-state index contributed by atoms with van der Waals surface area (Å²) >= 11 is 0. The molecule has 2 saturated carbocycles. The summed E-state index contributed by atoms with van der Waals surface area (Å²) in [4.78, 5) is 40.1. The van der Waals surface area contributed by atoms with E-state index in [1.807, 2.05) is 0 Å². The minimum Gasteiger partial charge on any atom is -0.457 e. The minimum atomic E-state index is -2.41. The van der Waals surface area contributed by atoms with Gasteiger partial charge < -0.3 is 34.3 Å². The maximum atomic E-state index is 13.9. The Morgan fingerprint density at radius 2 is 1.77 bits per heavy atom. The lowest BCUT2D eigenvalue weighted by Crippen LogP contribution is -2.87. The Kier molecular flexibility index (Phi) is 5.36. The first-order valence-electron chi connectivity index (χ1n) is 13.3. The number of aliphatic hydroxyl groups is 3. The largest absolute Gasteiger partial charge is 0.457 e. The molecule has 1 aromatic carbocycles. The molecular formula is C29H34O10. The van der Waals surface area contributed by atoms with Gasteiger partial charge in [0.05, 0.1) is 35.7 Å². The molecule has 0 amide bonds. The lowest BCUT2D eigenvalue weighted by atomic mass is 9.37. The highest BCUT2D eigenvalue weighted by atomic mass is 16.6. The number of carbonyl (C=O) groups excluding carboxylic acids is 3. The maximum absolute atomic E-state index is 13.9. The fourth-order valence-electron chi connectivity index (χ4n) is 8.58. The molecule has 39 heavy (non-hydrogen) atoms. The average molecular weight is 543 g/mol. The van der Waals surface area contributed by atoms with E-state index in [4.69, 9.17) is 18.9 Å². The topological polar surface area (TPSA) is 149 Å². The number of hydrogen-bond donors (Lipinski definition) is 3. The number of cyclic esters (lactones) is 1. The van der Waals surface area contributed by atoms with Gasteiger partial charge in [0.25, 0.3) is 0 Å². The number of benzene rings is 1. The Balaban J connectivity index is 1.67. The van der Waals surface area contributed by atoms with Crippen LogP contribution in [0.25, 0.3) is 0 Å². The zero-order chi connectivity index (χ0) is 28.3. The lowest BCUT2D eigenvalue weighted by Gasteiger charge is -2.73. The summed E-state index contributed by atoms with van der Waals surface area (Å²) in [6.45, 7) is 7.67. The zero-order valence-electron chi connectivity index (χ0n) is 22.6. The van der Waals surface area contributed by atoms with E-state index in [0.717, 1.165) is 0 Å². The van der Waals surface area contributed by atoms with Crippen LogP contribution in [0.15, 0.2) is 41.5 Å². The van der Waals surface area contributed by atoms with E-state index in [-0.39, 0.29) is 30.6 Å². The second kappa shape index (κ2) is 7.90. The average Bonchev–Trinajstić information content (AvgIpc) is 3.15. The highest BCUT2D eigenvalue weighted by Gasteiger charge is 2.87. The van der Waals surface area contributed by atoms with Crippen molar-refractivity contribution in [2.75, 3.05) is 6.61 Å². The van der Waals surface area contributed by atoms with E-state index in [9.17, 15) is 29.7 Å². The Morgan fingerprint density at radius 1 is 1.10 bits per heavy atom. The summed E-state index contributed by atoms with van der Waals surface area (Å²) in [5, 5.41) is 35.5. The third-order valence-electron chi connectivity index (χ3n) is 10.4. The second-order valence-electron chi connectivity index (χ2n) is 12.4. The summed E-state index contributed by atoms with van der Waals surface area (Å²) < 4.78 is 24.1. The molecule has 10 heteroatoms. The van der Waals surface area contributed by atoms with Crippen molar-refractivity contribution < 1.29 is 48.7 Å². The van der Waals surface area contributed by atoms with Crippen LogP contribution in [0.3, 0.4) is 0 Å². The molecule has 5 aliphatic rings. The van der Waals surface area contributed by atoms with Gasteiger partial charge in [0, 0.05) is 18.8 Å². The molecule has 1 unspecified atom stereocenters. The van der Waals surface area contributed by atoms with Crippen LogP contribution >= 0.6 is 0 Å². The van der Waals surface area contributed by atoms with Crippen LogP contribution in [-0.4, -0.2) is 81.1 Å². The van der Waals surface area contributed by atoms with Crippen molar-refractivity contribution in [3.8, 4) is 0 Å². The van der Waals surface area contributed by atoms with Crippen LogP contribution in [0, 0.1) is 16.7 Å². The molecule has 1 aromatic rings. The summed E-state index contributed by atoms with van der Waals surface area (Å²) in [5.74, 6) is -3.36. The van der Waals surface area contributed by atoms with E-state index in [0.29, 0.717) is 5.57 Å². The van der Waals surface area contributed by atoms with Crippen LogP contribution in [0.5, 0.6) is 0 Å².